The first-order chi connectivity index (χ1) is 10.6. The summed E-state index contributed by atoms with van der Waals surface area (Å²) in [4.78, 5) is 14.0. The highest BCUT2D eigenvalue weighted by Gasteiger charge is 2.35. The van der Waals surface area contributed by atoms with Crippen molar-refractivity contribution >= 4 is 17.3 Å². The van der Waals surface area contributed by atoms with E-state index in [4.69, 9.17) is 4.74 Å². The van der Waals surface area contributed by atoms with Gasteiger partial charge in [-0.15, -0.1) is 4.72 Å². The number of rotatable bonds is 6. The second kappa shape index (κ2) is 8.38. The van der Waals surface area contributed by atoms with E-state index in [-0.39, 0.29) is 31.2 Å². The van der Waals surface area contributed by atoms with Crippen molar-refractivity contribution in [3.05, 3.63) is 30.3 Å². The van der Waals surface area contributed by atoms with Gasteiger partial charge in [0.05, 0.1) is 18.7 Å². The van der Waals surface area contributed by atoms with Crippen LogP contribution >= 0.6 is 0 Å². The Morgan fingerprint density at radius 2 is 2.23 bits per heavy atom. The molecular weight excluding hydrogens is 304 g/mol. The van der Waals surface area contributed by atoms with Crippen LogP contribution in [0.5, 0.6) is 5.75 Å². The van der Waals surface area contributed by atoms with Crippen LogP contribution in [0.4, 0.5) is 0 Å². The highest BCUT2D eigenvalue weighted by molar-refractivity contribution is 7.88. The third-order valence-electron chi connectivity index (χ3n) is 3.71. The molecule has 0 aromatic heterocycles. The molecule has 3 atom stereocenters. The lowest BCUT2D eigenvalue weighted by atomic mass is 9.97. The molecule has 0 saturated carbocycles. The molecule has 1 aliphatic rings. The molecule has 1 aromatic carbocycles. The number of likely N-dealkylation sites (tertiary alicyclic amines) is 1. The topological polar surface area (TPSA) is 84.9 Å². The molecule has 0 aliphatic carbocycles. The molecule has 0 radical (unpaired) electrons. The largest absolute Gasteiger partial charge is 0.598 e. The van der Waals surface area contributed by atoms with Crippen molar-refractivity contribution < 1.29 is 19.2 Å². The smallest absolute Gasteiger partial charge is 0.260 e. The van der Waals surface area contributed by atoms with Gasteiger partial charge in [0.25, 0.3) is 5.91 Å². The van der Waals surface area contributed by atoms with Gasteiger partial charge in [-0.05, 0) is 25.0 Å². The highest BCUT2D eigenvalue weighted by atomic mass is 32.2. The molecule has 1 saturated heterocycles. The maximum atomic E-state index is 12.4. The van der Waals surface area contributed by atoms with Crippen molar-refractivity contribution in [1.29, 1.82) is 0 Å². The van der Waals surface area contributed by atoms with Gasteiger partial charge in [-0.1, -0.05) is 18.2 Å². The van der Waals surface area contributed by atoms with Crippen LogP contribution in [0.15, 0.2) is 30.3 Å². The van der Waals surface area contributed by atoms with Crippen molar-refractivity contribution in [3.63, 3.8) is 0 Å². The molecule has 2 N–H and O–H groups in total. The van der Waals surface area contributed by atoms with Gasteiger partial charge in [-0.25, -0.2) is 0 Å². The maximum absolute atomic E-state index is 12.4. The van der Waals surface area contributed by atoms with Crippen LogP contribution in [0.25, 0.3) is 0 Å². The molecule has 6 nitrogen and oxygen atoms in total. The molecule has 0 bridgehead atoms. The number of piperidine rings is 1. The zero-order chi connectivity index (χ0) is 15.9. The van der Waals surface area contributed by atoms with Gasteiger partial charge in [0.15, 0.2) is 6.61 Å². The third kappa shape index (κ3) is 4.61. The van der Waals surface area contributed by atoms with Crippen molar-refractivity contribution in [2.24, 2.45) is 0 Å². The van der Waals surface area contributed by atoms with Gasteiger partial charge in [-0.3, -0.25) is 4.79 Å². The first-order valence-electron chi connectivity index (χ1n) is 7.29. The first kappa shape index (κ1) is 17.1. The molecular formula is C15H22N2O4S. The van der Waals surface area contributed by atoms with E-state index in [0.717, 1.165) is 12.8 Å². The quantitative estimate of drug-likeness (QED) is 0.735. The number of nitrogens with one attached hydrogen (secondary N) is 1. The number of amides is 1. The van der Waals surface area contributed by atoms with Crippen molar-refractivity contribution in [2.75, 3.05) is 26.0 Å². The first-order valence-corrected chi connectivity index (χ1v) is 8.85. The van der Waals surface area contributed by atoms with Crippen LogP contribution < -0.4 is 9.46 Å². The number of hydrogen-bond donors (Lipinski definition) is 2. The van der Waals surface area contributed by atoms with Gasteiger partial charge < -0.3 is 19.3 Å². The predicted molar refractivity (Wildman–Crippen MR) is 84.7 cm³/mol. The zero-order valence-corrected chi connectivity index (χ0v) is 13.4. The minimum atomic E-state index is -1.18. The summed E-state index contributed by atoms with van der Waals surface area (Å²) in [5.41, 5.74) is 0. The van der Waals surface area contributed by atoms with Gasteiger partial charge in [0, 0.05) is 17.9 Å². The Labute approximate surface area is 133 Å². The van der Waals surface area contributed by atoms with Crippen molar-refractivity contribution in [3.8, 4) is 5.75 Å². The third-order valence-corrected chi connectivity index (χ3v) is 4.34. The molecule has 2 unspecified atom stereocenters. The Kier molecular flexibility index (Phi) is 6.50. The summed E-state index contributed by atoms with van der Waals surface area (Å²) in [6.45, 7) is 0.352. The minimum Gasteiger partial charge on any atom is -0.598 e. The SMILES string of the molecule is C[S@@+]([O-])NC1CCCN(C(=O)COc2ccccc2)C1CO. The summed E-state index contributed by atoms with van der Waals surface area (Å²) >= 11 is -1.18. The maximum Gasteiger partial charge on any atom is 0.260 e. The summed E-state index contributed by atoms with van der Waals surface area (Å²) in [7, 11) is 0. The number of nitrogens with zero attached hydrogens (tertiary/aromatic N) is 1. The molecule has 1 amide bonds. The Bertz CT molecular complexity index is 472. The van der Waals surface area contributed by atoms with Crippen LogP contribution in [-0.4, -0.2) is 58.6 Å². The summed E-state index contributed by atoms with van der Waals surface area (Å²) in [5.74, 6) is 0.467. The molecule has 1 heterocycles. The second-order valence-corrected chi connectivity index (χ2v) is 6.40. The summed E-state index contributed by atoms with van der Waals surface area (Å²) in [6.07, 6.45) is 3.14. The highest BCUT2D eigenvalue weighted by Crippen LogP contribution is 2.19. The normalized spacial score (nSPS) is 23.1. The summed E-state index contributed by atoms with van der Waals surface area (Å²) in [6, 6.07) is 8.61. The number of hydrogen-bond acceptors (Lipinski definition) is 5. The van der Waals surface area contributed by atoms with Crippen LogP contribution in [0.3, 0.4) is 0 Å². The fourth-order valence-electron chi connectivity index (χ4n) is 2.69. The van der Waals surface area contributed by atoms with E-state index in [1.54, 1.807) is 23.3 Å². The molecule has 1 aliphatic heterocycles. The fourth-order valence-corrected chi connectivity index (χ4v) is 3.39. The number of para-hydroxylation sites is 1. The van der Waals surface area contributed by atoms with E-state index < -0.39 is 11.4 Å². The minimum absolute atomic E-state index is 0.0670. The monoisotopic (exact) mass is 326 g/mol. The Morgan fingerprint density at radius 3 is 2.86 bits per heavy atom. The second-order valence-electron chi connectivity index (χ2n) is 5.26. The number of aliphatic hydroxyl groups excluding tert-OH is 1. The van der Waals surface area contributed by atoms with E-state index in [0.29, 0.717) is 12.3 Å². The van der Waals surface area contributed by atoms with Gasteiger partial charge >= 0.3 is 0 Å². The number of benzene rings is 1. The molecule has 22 heavy (non-hydrogen) atoms. The Hall–Kier alpha value is -1.28. The molecule has 1 aromatic rings. The lowest BCUT2D eigenvalue weighted by Gasteiger charge is -2.39. The predicted octanol–water partition coefficient (Wildman–Crippen LogP) is 0.300. The standard InChI is InChI=1S/C15H22N2O4S/c1-22(20)16-13-8-5-9-17(14(13)10-18)15(19)11-21-12-6-3-2-4-7-12/h2-4,6-7,13-14,16,18H,5,8-11H2,1H3/t13?,14?,22-/m1/s1. The van der Waals surface area contributed by atoms with Crippen LogP contribution in [0.2, 0.25) is 0 Å². The van der Waals surface area contributed by atoms with E-state index in [1.165, 1.54) is 0 Å². The van der Waals surface area contributed by atoms with Crippen molar-refractivity contribution in [1.82, 2.24) is 9.62 Å². The lowest BCUT2D eigenvalue weighted by molar-refractivity contribution is -0.138. The van der Waals surface area contributed by atoms with Gasteiger partial charge in [-0.2, -0.15) is 0 Å². The van der Waals surface area contributed by atoms with Crippen LogP contribution in [0.1, 0.15) is 12.8 Å². The Balaban J connectivity index is 1.94. The summed E-state index contributed by atoms with van der Waals surface area (Å²) in [5, 5.41) is 9.61. The van der Waals surface area contributed by atoms with Crippen LogP contribution in [0, 0.1) is 0 Å². The molecule has 2 rings (SSSR count). The van der Waals surface area contributed by atoms with Crippen LogP contribution in [-0.2, 0) is 16.2 Å². The van der Waals surface area contributed by atoms with E-state index in [1.807, 2.05) is 18.2 Å². The lowest BCUT2D eigenvalue weighted by Crippen LogP contribution is -2.59. The van der Waals surface area contributed by atoms with E-state index in [9.17, 15) is 14.5 Å². The van der Waals surface area contributed by atoms with Crippen molar-refractivity contribution in [2.45, 2.75) is 24.9 Å². The number of aliphatic hydroxyl groups is 1. The zero-order valence-electron chi connectivity index (χ0n) is 12.6. The Morgan fingerprint density at radius 1 is 1.50 bits per heavy atom. The molecule has 7 heteroatoms. The van der Waals surface area contributed by atoms with E-state index >= 15 is 0 Å². The molecule has 1 fully saturated rings. The number of carbonyl (C=O) groups is 1. The average Bonchev–Trinajstić information content (AvgIpc) is 2.52. The van der Waals surface area contributed by atoms with Gasteiger partial charge in [0.1, 0.15) is 12.0 Å². The molecule has 0 spiro atoms. The number of carbonyl (C=O) groups excluding carboxylic acids is 1. The fraction of sp³-hybridized carbons (Fsp3) is 0.533. The van der Waals surface area contributed by atoms with Gasteiger partial charge in [0.2, 0.25) is 0 Å². The molecule has 122 valence electrons. The number of ether oxygens (including phenoxy) is 1. The summed E-state index contributed by atoms with van der Waals surface area (Å²) < 4.78 is 19.7. The average molecular weight is 326 g/mol. The van der Waals surface area contributed by atoms with E-state index in [2.05, 4.69) is 4.72 Å².